The fourth-order valence-electron chi connectivity index (χ4n) is 1.44. The van der Waals surface area contributed by atoms with E-state index in [2.05, 4.69) is 0 Å². The van der Waals surface area contributed by atoms with E-state index in [1.807, 2.05) is 28.7 Å². The molecule has 0 heterocycles. The zero-order valence-electron chi connectivity index (χ0n) is 9.54. The number of nitriles is 1. The van der Waals surface area contributed by atoms with E-state index in [4.69, 9.17) is 10.00 Å². The summed E-state index contributed by atoms with van der Waals surface area (Å²) < 4.78 is 30.8. The second-order valence-electron chi connectivity index (χ2n) is 3.43. The summed E-state index contributed by atoms with van der Waals surface area (Å²) in [6, 6.07) is 4.46. The van der Waals surface area contributed by atoms with Crippen LogP contribution in [0.4, 0.5) is 8.78 Å². The molecule has 0 saturated carbocycles. The van der Waals surface area contributed by atoms with Gasteiger partial charge in [0.1, 0.15) is 6.07 Å². The Morgan fingerprint density at radius 1 is 1.56 bits per heavy atom. The third-order valence-corrected chi connectivity index (χ3v) is 3.12. The lowest BCUT2D eigenvalue weighted by Gasteiger charge is -2.10. The van der Waals surface area contributed by atoms with E-state index < -0.39 is 12.4 Å². The van der Waals surface area contributed by atoms with Crippen LogP contribution in [0.15, 0.2) is 12.1 Å². The first-order chi connectivity index (χ1) is 8.49. The molecular formula is C12H10F2INO2. The number of benzene rings is 1. The summed E-state index contributed by atoms with van der Waals surface area (Å²) in [5, 5.41) is 8.85. The highest BCUT2D eigenvalue weighted by atomic mass is 127. The number of esters is 1. The lowest BCUT2D eigenvalue weighted by Crippen LogP contribution is -2.10. The second kappa shape index (κ2) is 6.64. The third kappa shape index (κ3) is 3.63. The van der Waals surface area contributed by atoms with Crippen molar-refractivity contribution in [2.24, 2.45) is 0 Å². The van der Waals surface area contributed by atoms with Crippen molar-refractivity contribution >= 4 is 28.6 Å². The van der Waals surface area contributed by atoms with Crippen molar-refractivity contribution in [1.29, 1.82) is 5.26 Å². The van der Waals surface area contributed by atoms with Gasteiger partial charge in [-0.15, -0.1) is 0 Å². The monoisotopic (exact) mass is 365 g/mol. The summed E-state index contributed by atoms with van der Waals surface area (Å²) in [5.74, 6) is -0.579. The Bertz CT molecular complexity index is 498. The summed E-state index contributed by atoms with van der Waals surface area (Å²) in [5.41, 5.74) is 0.186. The molecular weight excluding hydrogens is 355 g/mol. The van der Waals surface area contributed by atoms with Gasteiger partial charge in [0, 0.05) is 9.13 Å². The molecule has 1 aromatic carbocycles. The van der Waals surface area contributed by atoms with Crippen LogP contribution in [0.25, 0.3) is 0 Å². The van der Waals surface area contributed by atoms with E-state index in [0.29, 0.717) is 3.57 Å². The zero-order chi connectivity index (χ0) is 13.7. The van der Waals surface area contributed by atoms with Gasteiger partial charge >= 0.3 is 5.97 Å². The fraction of sp³-hybridized carbons (Fsp3) is 0.333. The normalized spacial score (nSPS) is 10.2. The number of hydrogen-bond donors (Lipinski definition) is 0. The summed E-state index contributed by atoms with van der Waals surface area (Å²) >= 11 is 1.81. The minimum Gasteiger partial charge on any atom is -0.466 e. The number of nitrogens with zero attached hydrogens (tertiary/aromatic N) is 1. The molecule has 0 aliphatic rings. The number of hydrogen-bond acceptors (Lipinski definition) is 3. The molecule has 0 spiro atoms. The molecule has 0 aromatic heterocycles. The van der Waals surface area contributed by atoms with Crippen LogP contribution in [0.1, 0.15) is 30.0 Å². The van der Waals surface area contributed by atoms with Crippen LogP contribution < -0.4 is 0 Å². The van der Waals surface area contributed by atoms with Crippen molar-refractivity contribution in [3.8, 4) is 6.07 Å². The number of alkyl halides is 2. The first-order valence-electron chi connectivity index (χ1n) is 5.15. The average Bonchev–Trinajstić information content (AvgIpc) is 2.30. The topological polar surface area (TPSA) is 50.1 Å². The molecule has 0 aliphatic carbocycles. The van der Waals surface area contributed by atoms with Gasteiger partial charge in [-0.1, -0.05) is 0 Å². The van der Waals surface area contributed by atoms with E-state index in [1.54, 1.807) is 6.92 Å². The summed E-state index contributed by atoms with van der Waals surface area (Å²) in [7, 11) is 0. The first kappa shape index (κ1) is 14.8. The quantitative estimate of drug-likeness (QED) is 0.608. The maximum absolute atomic E-state index is 12.8. The molecule has 0 fully saturated rings. The van der Waals surface area contributed by atoms with E-state index >= 15 is 0 Å². The lowest BCUT2D eigenvalue weighted by atomic mass is 10.0. The predicted octanol–water partition coefficient (Wildman–Crippen LogP) is 3.21. The van der Waals surface area contributed by atoms with Crippen LogP contribution in [-0.2, 0) is 16.0 Å². The van der Waals surface area contributed by atoms with Crippen molar-refractivity contribution in [2.75, 3.05) is 6.61 Å². The minimum absolute atomic E-state index is 0.139. The van der Waals surface area contributed by atoms with E-state index in [9.17, 15) is 13.6 Å². The van der Waals surface area contributed by atoms with Crippen LogP contribution in [0, 0.1) is 14.9 Å². The van der Waals surface area contributed by atoms with Gasteiger partial charge in [0.2, 0.25) is 0 Å². The van der Waals surface area contributed by atoms with Crippen molar-refractivity contribution in [1.82, 2.24) is 0 Å². The van der Waals surface area contributed by atoms with E-state index in [0.717, 1.165) is 0 Å². The van der Waals surface area contributed by atoms with Crippen molar-refractivity contribution in [3.63, 3.8) is 0 Å². The molecule has 0 amide bonds. The van der Waals surface area contributed by atoms with Gasteiger partial charge in [-0.25, -0.2) is 8.78 Å². The Kier molecular flexibility index (Phi) is 5.47. The molecule has 0 saturated heterocycles. The van der Waals surface area contributed by atoms with Crippen LogP contribution in [0.5, 0.6) is 0 Å². The Labute approximate surface area is 117 Å². The van der Waals surface area contributed by atoms with Crippen molar-refractivity contribution < 1.29 is 18.3 Å². The molecule has 96 valence electrons. The van der Waals surface area contributed by atoms with E-state index in [-0.39, 0.29) is 29.7 Å². The van der Waals surface area contributed by atoms with Crippen LogP contribution >= 0.6 is 22.6 Å². The number of carbonyl (C=O) groups excluding carboxylic acids is 1. The van der Waals surface area contributed by atoms with Crippen LogP contribution in [0.2, 0.25) is 0 Å². The summed E-state index contributed by atoms with van der Waals surface area (Å²) in [6.07, 6.45) is -2.94. The molecule has 0 unspecified atom stereocenters. The number of rotatable bonds is 4. The Morgan fingerprint density at radius 2 is 2.22 bits per heavy atom. The zero-order valence-corrected chi connectivity index (χ0v) is 11.7. The van der Waals surface area contributed by atoms with Gasteiger partial charge in [0.15, 0.2) is 0 Å². The van der Waals surface area contributed by atoms with Crippen LogP contribution in [-0.4, -0.2) is 12.6 Å². The smallest absolute Gasteiger partial charge is 0.310 e. The molecule has 0 aliphatic heterocycles. The highest BCUT2D eigenvalue weighted by molar-refractivity contribution is 14.1. The maximum Gasteiger partial charge on any atom is 0.310 e. The first-order valence-corrected chi connectivity index (χ1v) is 6.23. The van der Waals surface area contributed by atoms with Crippen molar-refractivity contribution in [2.45, 2.75) is 19.8 Å². The van der Waals surface area contributed by atoms with Gasteiger partial charge in [-0.3, -0.25) is 4.79 Å². The molecule has 0 radical (unpaired) electrons. The Balaban J connectivity index is 3.15. The molecule has 0 bridgehead atoms. The number of carbonyl (C=O) groups is 1. The summed E-state index contributed by atoms with van der Waals surface area (Å²) in [4.78, 5) is 11.3. The lowest BCUT2D eigenvalue weighted by molar-refractivity contribution is -0.142. The molecule has 1 aromatic rings. The molecule has 6 heteroatoms. The molecule has 0 N–H and O–H groups in total. The van der Waals surface area contributed by atoms with Crippen LogP contribution in [0.3, 0.4) is 0 Å². The highest BCUT2D eigenvalue weighted by Crippen LogP contribution is 2.27. The Morgan fingerprint density at radius 3 is 2.72 bits per heavy atom. The molecule has 0 atom stereocenters. The van der Waals surface area contributed by atoms with Gasteiger partial charge in [-0.2, -0.15) is 5.26 Å². The third-order valence-electron chi connectivity index (χ3n) is 2.22. The molecule has 18 heavy (non-hydrogen) atoms. The summed E-state index contributed by atoms with van der Waals surface area (Å²) in [6.45, 7) is 1.83. The fourth-order valence-corrected chi connectivity index (χ4v) is 2.05. The Hall–Kier alpha value is -1.23. The van der Waals surface area contributed by atoms with Gasteiger partial charge in [-0.05, 0) is 47.2 Å². The SMILES string of the molecule is CCOC(=O)Cc1cc(C#N)c(I)cc1C(F)F. The highest BCUT2D eigenvalue weighted by Gasteiger charge is 2.18. The largest absolute Gasteiger partial charge is 0.466 e. The average molecular weight is 365 g/mol. The second-order valence-corrected chi connectivity index (χ2v) is 4.59. The molecule has 1 rings (SSSR count). The number of ether oxygens (including phenoxy) is 1. The van der Waals surface area contributed by atoms with Gasteiger partial charge in [0.25, 0.3) is 6.43 Å². The minimum atomic E-state index is -2.68. The van der Waals surface area contributed by atoms with E-state index in [1.165, 1.54) is 12.1 Å². The maximum atomic E-state index is 12.8. The standard InChI is InChI=1S/C12H10F2INO2/c1-2-18-11(17)4-7-3-8(6-16)10(15)5-9(7)12(13)14/h3,5,12H,2,4H2,1H3. The van der Waals surface area contributed by atoms with Gasteiger partial charge < -0.3 is 4.74 Å². The molecule has 3 nitrogen and oxygen atoms in total. The number of halogens is 3. The van der Waals surface area contributed by atoms with Crippen molar-refractivity contribution in [3.05, 3.63) is 32.4 Å². The predicted molar refractivity (Wildman–Crippen MR) is 69.2 cm³/mol. The van der Waals surface area contributed by atoms with Gasteiger partial charge in [0.05, 0.1) is 18.6 Å².